The van der Waals surface area contributed by atoms with Gasteiger partial charge in [-0.1, -0.05) is 12.1 Å². The lowest BCUT2D eigenvalue weighted by Gasteiger charge is -2.37. The highest BCUT2D eigenvalue weighted by Crippen LogP contribution is 2.32. The van der Waals surface area contributed by atoms with Crippen molar-refractivity contribution in [2.75, 3.05) is 43.0 Å². The molecule has 2 heterocycles. The molecule has 1 atom stereocenters. The molecule has 2 aliphatic rings. The second-order valence-corrected chi connectivity index (χ2v) is 11.0. The van der Waals surface area contributed by atoms with Crippen LogP contribution in [0, 0.1) is 13.8 Å². The van der Waals surface area contributed by atoms with Gasteiger partial charge in [-0.3, -0.25) is 9.59 Å². The highest BCUT2D eigenvalue weighted by Gasteiger charge is 2.30. The molecule has 0 saturated carbocycles. The van der Waals surface area contributed by atoms with Crippen LogP contribution < -0.4 is 15.0 Å². The summed E-state index contributed by atoms with van der Waals surface area (Å²) in [5.74, 6) is -0.0689. The zero-order valence-electron chi connectivity index (χ0n) is 19.1. The largest absolute Gasteiger partial charge is 0.482 e. The van der Waals surface area contributed by atoms with Crippen LogP contribution in [0.3, 0.4) is 0 Å². The smallest absolute Gasteiger partial charge is 0.262 e. The molecule has 33 heavy (non-hydrogen) atoms. The number of rotatable bonds is 5. The zero-order valence-corrected chi connectivity index (χ0v) is 19.9. The Labute approximate surface area is 194 Å². The van der Waals surface area contributed by atoms with Crippen molar-refractivity contribution < 1.29 is 22.7 Å². The molecule has 0 aromatic heterocycles. The van der Waals surface area contributed by atoms with Crippen LogP contribution in [-0.2, 0) is 19.4 Å². The van der Waals surface area contributed by atoms with E-state index in [1.165, 1.54) is 35.0 Å². The Morgan fingerprint density at radius 1 is 1.12 bits per heavy atom. The van der Waals surface area contributed by atoms with Gasteiger partial charge in [0.15, 0.2) is 16.4 Å². The molecule has 9 heteroatoms. The van der Waals surface area contributed by atoms with Crippen LogP contribution in [0.5, 0.6) is 5.75 Å². The maximum absolute atomic E-state index is 13.1. The third kappa shape index (κ3) is 4.68. The van der Waals surface area contributed by atoms with Gasteiger partial charge in [-0.15, -0.1) is 0 Å². The van der Waals surface area contributed by atoms with Crippen LogP contribution in [0.25, 0.3) is 0 Å². The van der Waals surface area contributed by atoms with Crippen LogP contribution in [0.2, 0.25) is 0 Å². The quantitative estimate of drug-likeness (QED) is 0.720. The Kier molecular flexibility index (Phi) is 6.34. The van der Waals surface area contributed by atoms with Crippen molar-refractivity contribution in [3.63, 3.8) is 0 Å². The maximum atomic E-state index is 13.1. The predicted octanol–water partition coefficient (Wildman–Crippen LogP) is 2.54. The number of carbonyl (C=O) groups is 2. The number of nitrogens with zero attached hydrogens (tertiary/aromatic N) is 2. The molecular formula is C24H29N3O5S. The summed E-state index contributed by atoms with van der Waals surface area (Å²) in [6.07, 6.45) is -0.0915. The molecule has 4 rings (SSSR count). The maximum Gasteiger partial charge on any atom is 0.262 e. The molecule has 1 saturated heterocycles. The molecule has 2 aromatic carbocycles. The van der Waals surface area contributed by atoms with E-state index in [0.29, 0.717) is 37.6 Å². The van der Waals surface area contributed by atoms with Crippen molar-refractivity contribution in [2.24, 2.45) is 0 Å². The average Bonchev–Trinajstić information content (AvgIpc) is 2.80. The van der Waals surface area contributed by atoms with E-state index >= 15 is 0 Å². The van der Waals surface area contributed by atoms with Crippen LogP contribution >= 0.6 is 0 Å². The fourth-order valence-corrected chi connectivity index (χ4v) is 5.60. The molecule has 2 aromatic rings. The summed E-state index contributed by atoms with van der Waals surface area (Å²) in [7, 11) is -3.75. The summed E-state index contributed by atoms with van der Waals surface area (Å²) in [5.41, 5.74) is 3.98. The normalized spacial score (nSPS) is 17.1. The summed E-state index contributed by atoms with van der Waals surface area (Å²) < 4.78 is 31.5. The lowest BCUT2D eigenvalue weighted by molar-refractivity contribution is -0.131. The number of aryl methyl sites for hydroxylation is 1. The third-order valence-electron chi connectivity index (χ3n) is 6.45. The molecule has 0 bridgehead atoms. The Morgan fingerprint density at radius 2 is 1.85 bits per heavy atom. The van der Waals surface area contributed by atoms with E-state index in [-0.39, 0.29) is 29.7 Å². The number of hydrogen-bond donors (Lipinski definition) is 1. The standard InChI is InChI=1S/C24H29N3O5S/c1-16-5-4-6-21(18(16)3)26-9-11-27(12-10-26)24(29)13-17(2)33(30,31)19-7-8-22-20(14-19)25-23(28)15-32-22/h4-8,14,17H,9-13,15H2,1-3H3,(H,25,28). The van der Waals surface area contributed by atoms with Crippen LogP contribution in [0.1, 0.15) is 24.5 Å². The molecule has 0 radical (unpaired) electrons. The third-order valence-corrected chi connectivity index (χ3v) is 8.59. The Bertz CT molecular complexity index is 1190. The van der Waals surface area contributed by atoms with Crippen molar-refractivity contribution in [3.05, 3.63) is 47.5 Å². The predicted molar refractivity (Wildman–Crippen MR) is 127 cm³/mol. The second kappa shape index (κ2) is 9.05. The molecule has 1 fully saturated rings. The lowest BCUT2D eigenvalue weighted by atomic mass is 10.1. The molecular weight excluding hydrogens is 442 g/mol. The van der Waals surface area contributed by atoms with E-state index < -0.39 is 15.1 Å². The highest BCUT2D eigenvalue weighted by molar-refractivity contribution is 7.92. The minimum Gasteiger partial charge on any atom is -0.482 e. The van der Waals surface area contributed by atoms with E-state index in [2.05, 4.69) is 36.2 Å². The average molecular weight is 472 g/mol. The summed E-state index contributed by atoms with van der Waals surface area (Å²) in [5, 5.41) is 1.73. The minimum absolute atomic E-state index is 0.0621. The molecule has 1 unspecified atom stereocenters. The Morgan fingerprint density at radius 3 is 2.58 bits per heavy atom. The summed E-state index contributed by atoms with van der Waals surface area (Å²) in [6.45, 7) is 8.18. The highest BCUT2D eigenvalue weighted by atomic mass is 32.2. The Hall–Kier alpha value is -3.07. The molecule has 176 valence electrons. The van der Waals surface area contributed by atoms with Gasteiger partial charge in [0.25, 0.3) is 5.91 Å². The van der Waals surface area contributed by atoms with Crippen molar-refractivity contribution in [1.82, 2.24) is 4.90 Å². The van der Waals surface area contributed by atoms with E-state index in [1.54, 1.807) is 11.8 Å². The fraction of sp³-hybridized carbons (Fsp3) is 0.417. The number of hydrogen-bond acceptors (Lipinski definition) is 6. The minimum atomic E-state index is -3.75. The van der Waals surface area contributed by atoms with Gasteiger partial charge < -0.3 is 19.9 Å². The van der Waals surface area contributed by atoms with Crippen molar-refractivity contribution in [2.45, 2.75) is 37.3 Å². The SMILES string of the molecule is Cc1cccc(N2CCN(C(=O)CC(C)S(=O)(=O)c3ccc4c(c3)NC(=O)CO4)CC2)c1C. The van der Waals surface area contributed by atoms with Gasteiger partial charge in [-0.2, -0.15) is 0 Å². The van der Waals surface area contributed by atoms with Gasteiger partial charge in [0, 0.05) is 38.3 Å². The van der Waals surface area contributed by atoms with E-state index in [1.807, 2.05) is 6.07 Å². The molecule has 2 aliphatic heterocycles. The summed E-state index contributed by atoms with van der Waals surface area (Å²) >= 11 is 0. The molecule has 2 amide bonds. The number of benzene rings is 2. The van der Waals surface area contributed by atoms with Gasteiger partial charge in [0.05, 0.1) is 15.8 Å². The molecule has 0 spiro atoms. The zero-order chi connectivity index (χ0) is 23.8. The number of carbonyl (C=O) groups excluding carboxylic acids is 2. The van der Waals surface area contributed by atoms with Crippen molar-refractivity contribution >= 4 is 33.0 Å². The fourth-order valence-electron chi connectivity index (χ4n) is 4.23. The topological polar surface area (TPSA) is 96.0 Å². The first-order chi connectivity index (χ1) is 15.7. The summed E-state index contributed by atoms with van der Waals surface area (Å²) in [6, 6.07) is 10.6. The number of anilines is 2. The number of sulfone groups is 1. The van der Waals surface area contributed by atoms with Crippen LogP contribution in [0.15, 0.2) is 41.3 Å². The lowest BCUT2D eigenvalue weighted by Crippen LogP contribution is -2.49. The molecule has 8 nitrogen and oxygen atoms in total. The number of nitrogens with one attached hydrogen (secondary N) is 1. The monoisotopic (exact) mass is 471 g/mol. The van der Waals surface area contributed by atoms with Gasteiger partial charge in [-0.25, -0.2) is 8.42 Å². The van der Waals surface area contributed by atoms with Gasteiger partial charge >= 0.3 is 0 Å². The van der Waals surface area contributed by atoms with Crippen LogP contribution in [0.4, 0.5) is 11.4 Å². The van der Waals surface area contributed by atoms with E-state index in [0.717, 1.165) is 0 Å². The van der Waals surface area contributed by atoms with Crippen molar-refractivity contribution in [1.29, 1.82) is 0 Å². The first kappa shape index (κ1) is 23.1. The first-order valence-corrected chi connectivity index (χ1v) is 12.6. The number of piperazine rings is 1. The van der Waals surface area contributed by atoms with E-state index in [9.17, 15) is 18.0 Å². The van der Waals surface area contributed by atoms with Crippen LogP contribution in [-0.4, -0.2) is 63.2 Å². The summed E-state index contributed by atoms with van der Waals surface area (Å²) in [4.78, 5) is 28.5. The van der Waals surface area contributed by atoms with Crippen molar-refractivity contribution in [3.8, 4) is 5.75 Å². The number of ether oxygens (including phenoxy) is 1. The van der Waals surface area contributed by atoms with E-state index in [4.69, 9.17) is 4.74 Å². The second-order valence-electron chi connectivity index (χ2n) is 8.64. The first-order valence-electron chi connectivity index (χ1n) is 11.1. The molecule has 1 N–H and O–H groups in total. The van der Waals surface area contributed by atoms with Gasteiger partial charge in [-0.05, 0) is 56.2 Å². The van der Waals surface area contributed by atoms with Gasteiger partial charge in [0.1, 0.15) is 5.75 Å². The number of fused-ring (bicyclic) bond motifs is 1. The Balaban J connectivity index is 1.39. The van der Waals surface area contributed by atoms with Gasteiger partial charge in [0.2, 0.25) is 5.91 Å². The number of amides is 2. The molecule has 0 aliphatic carbocycles.